The minimum Gasteiger partial charge on any atom is -0.481 e. The maximum atomic E-state index is 11.6. The molecule has 0 aromatic heterocycles. The van der Waals surface area contributed by atoms with Gasteiger partial charge in [-0.2, -0.15) is 0 Å². The second-order valence-corrected chi connectivity index (χ2v) is 10.7. The van der Waals surface area contributed by atoms with Crippen molar-refractivity contribution in [2.45, 2.75) is 157 Å². The van der Waals surface area contributed by atoms with Crippen LogP contribution in [-0.4, -0.2) is 51.1 Å². The number of hydrogen-bond acceptors (Lipinski definition) is 5. The molecule has 0 saturated carbocycles. The van der Waals surface area contributed by atoms with Crippen LogP contribution in [0.2, 0.25) is 0 Å². The molecule has 0 aliphatic carbocycles. The van der Waals surface area contributed by atoms with E-state index in [2.05, 4.69) is 34.6 Å². The maximum Gasteiger partial charge on any atom is 0.503 e. The average molecular weight is 577 g/mol. The zero-order valence-corrected chi connectivity index (χ0v) is 26.3. The Bertz CT molecular complexity index is 627. The summed E-state index contributed by atoms with van der Waals surface area (Å²) in [6, 6.07) is 0. The third-order valence-corrected chi connectivity index (χ3v) is 7.62. The number of ether oxygens (including phenoxy) is 1. The van der Waals surface area contributed by atoms with E-state index in [1.54, 1.807) is 0 Å². The van der Waals surface area contributed by atoms with Crippen LogP contribution in [0.3, 0.4) is 0 Å². The summed E-state index contributed by atoms with van der Waals surface area (Å²) in [5.41, 5.74) is 0.381. The molecule has 0 amide bonds. The lowest BCUT2D eigenvalue weighted by molar-refractivity contribution is -0.165. The van der Waals surface area contributed by atoms with Crippen LogP contribution in [0.15, 0.2) is 0 Å². The second-order valence-electron chi connectivity index (χ2n) is 10.7. The second kappa shape index (κ2) is 26.9. The van der Waals surface area contributed by atoms with E-state index < -0.39 is 24.1 Å². The van der Waals surface area contributed by atoms with Gasteiger partial charge in [0.1, 0.15) is 0 Å². The first-order valence-electron chi connectivity index (χ1n) is 15.4. The van der Waals surface area contributed by atoms with Crippen LogP contribution >= 0.6 is 0 Å². The normalized spacial score (nSPS) is 10.9. The zero-order valence-electron chi connectivity index (χ0n) is 26.3. The number of aliphatic carboxylic acids is 2. The molecule has 4 N–H and O–H groups in total. The molecule has 0 spiro atoms. The van der Waals surface area contributed by atoms with Gasteiger partial charge in [0.25, 0.3) is 0 Å². The van der Waals surface area contributed by atoms with Gasteiger partial charge in [-0.15, -0.1) is 0 Å². The Morgan fingerprint density at radius 2 is 0.825 bits per heavy atom. The summed E-state index contributed by atoms with van der Waals surface area (Å²) in [4.78, 5) is 40.7. The van der Waals surface area contributed by atoms with E-state index in [1.807, 2.05) is 6.92 Å². The summed E-state index contributed by atoms with van der Waals surface area (Å²) >= 11 is 0. The fraction of sp³-hybridized carbons (Fsp3) is 0.871. The van der Waals surface area contributed by atoms with Crippen LogP contribution in [0.1, 0.15) is 157 Å². The molecule has 0 radical (unpaired) electrons. The smallest absolute Gasteiger partial charge is 0.481 e. The lowest BCUT2D eigenvalue weighted by atomic mass is 9.52. The highest BCUT2D eigenvalue weighted by atomic mass is 16.6. The van der Waals surface area contributed by atoms with Gasteiger partial charge < -0.3 is 25.2 Å². The molecule has 9 heteroatoms. The van der Waals surface area contributed by atoms with Gasteiger partial charge in [-0.3, -0.25) is 4.79 Å². The highest BCUT2D eigenvalue weighted by molar-refractivity contribution is 6.28. The fourth-order valence-corrected chi connectivity index (χ4v) is 5.53. The number of carbonyl (C=O) groups excluding carboxylic acids is 1. The van der Waals surface area contributed by atoms with E-state index in [1.165, 1.54) is 70.6 Å². The van der Waals surface area contributed by atoms with Gasteiger partial charge in [0.2, 0.25) is 0 Å². The van der Waals surface area contributed by atoms with Crippen molar-refractivity contribution in [1.29, 1.82) is 0 Å². The van der Waals surface area contributed by atoms with Crippen molar-refractivity contribution in [3.8, 4) is 0 Å². The molecule has 0 rings (SSSR count). The molecule has 0 aromatic carbocycles. The number of rotatable bonds is 21. The molecule has 0 atom stereocenters. The summed E-state index contributed by atoms with van der Waals surface area (Å²) in [6.07, 6.45) is 18.0. The molecule has 0 aromatic rings. The standard InChI is InChI=1S/C26H50O4.C4H8O2.CH2O3/c1-6-11-16-25(17-12-7-2,18-13-8-3)26(19-14-9-4,20-15-10-5)21-22-30-24(29)23(27)28;1-2-3-4(5)6;2-1(3)4/h6-22H2,1-5H3,(H,27,28);2-3H2,1H3,(H,5,6);(H2,2,3,4). The van der Waals surface area contributed by atoms with Crippen molar-refractivity contribution in [2.24, 2.45) is 10.8 Å². The van der Waals surface area contributed by atoms with Crippen LogP contribution in [0.4, 0.5) is 4.79 Å². The molecule has 0 aliphatic heterocycles. The van der Waals surface area contributed by atoms with Crippen molar-refractivity contribution >= 4 is 24.1 Å². The van der Waals surface area contributed by atoms with Gasteiger partial charge in [0, 0.05) is 6.42 Å². The van der Waals surface area contributed by atoms with E-state index >= 15 is 0 Å². The topological polar surface area (TPSA) is 158 Å². The Labute approximate surface area is 243 Å². The third kappa shape index (κ3) is 20.6. The van der Waals surface area contributed by atoms with Crippen molar-refractivity contribution in [3.63, 3.8) is 0 Å². The number of esters is 1. The summed E-state index contributed by atoms with van der Waals surface area (Å²) in [5.74, 6) is -3.31. The summed E-state index contributed by atoms with van der Waals surface area (Å²) in [5, 5.41) is 30.8. The zero-order chi connectivity index (χ0) is 31.5. The van der Waals surface area contributed by atoms with Crippen LogP contribution < -0.4 is 0 Å². The van der Waals surface area contributed by atoms with Crippen LogP contribution in [0.25, 0.3) is 0 Å². The van der Waals surface area contributed by atoms with E-state index in [0.717, 1.165) is 38.5 Å². The summed E-state index contributed by atoms with van der Waals surface area (Å²) in [7, 11) is 0. The Morgan fingerprint density at radius 1 is 0.525 bits per heavy atom. The molecule has 0 fully saturated rings. The van der Waals surface area contributed by atoms with Crippen molar-refractivity contribution in [3.05, 3.63) is 0 Å². The van der Waals surface area contributed by atoms with E-state index in [0.29, 0.717) is 6.42 Å². The molecule has 0 unspecified atom stereocenters. The predicted molar refractivity (Wildman–Crippen MR) is 159 cm³/mol. The van der Waals surface area contributed by atoms with Gasteiger partial charge in [-0.25, -0.2) is 14.4 Å². The van der Waals surface area contributed by atoms with E-state index in [9.17, 15) is 14.4 Å². The van der Waals surface area contributed by atoms with Gasteiger partial charge in [0.15, 0.2) is 0 Å². The minimum absolute atomic E-state index is 0.122. The number of hydrogen-bond donors (Lipinski definition) is 4. The van der Waals surface area contributed by atoms with Crippen LogP contribution in [-0.2, 0) is 19.1 Å². The predicted octanol–water partition coefficient (Wildman–Crippen LogP) is 9.02. The van der Waals surface area contributed by atoms with Gasteiger partial charge >= 0.3 is 24.1 Å². The quantitative estimate of drug-likeness (QED) is 0.0772. The maximum absolute atomic E-state index is 11.6. The minimum atomic E-state index is -1.83. The monoisotopic (exact) mass is 576 g/mol. The first kappa shape index (κ1) is 42.2. The number of carbonyl (C=O) groups is 4. The van der Waals surface area contributed by atoms with Gasteiger partial charge in [-0.1, -0.05) is 106 Å². The van der Waals surface area contributed by atoms with Crippen molar-refractivity contribution in [1.82, 2.24) is 0 Å². The molecule has 238 valence electrons. The van der Waals surface area contributed by atoms with E-state index in [-0.39, 0.29) is 17.4 Å². The number of unbranched alkanes of at least 4 members (excludes halogenated alkanes) is 5. The van der Waals surface area contributed by atoms with E-state index in [4.69, 9.17) is 30.0 Å². The highest BCUT2D eigenvalue weighted by Crippen LogP contribution is 2.58. The Hall–Kier alpha value is -2.32. The highest BCUT2D eigenvalue weighted by Gasteiger charge is 2.48. The van der Waals surface area contributed by atoms with Crippen molar-refractivity contribution < 1.29 is 44.3 Å². The van der Waals surface area contributed by atoms with Crippen LogP contribution in [0, 0.1) is 10.8 Å². The molecule has 0 aliphatic rings. The fourth-order valence-electron chi connectivity index (χ4n) is 5.53. The molecular weight excluding hydrogens is 516 g/mol. The third-order valence-electron chi connectivity index (χ3n) is 7.62. The lowest BCUT2D eigenvalue weighted by Crippen LogP contribution is -2.44. The van der Waals surface area contributed by atoms with Crippen molar-refractivity contribution in [2.75, 3.05) is 6.61 Å². The Morgan fingerprint density at radius 3 is 1.02 bits per heavy atom. The molecule has 40 heavy (non-hydrogen) atoms. The molecule has 0 heterocycles. The number of carboxylic acids is 2. The first-order chi connectivity index (χ1) is 18.9. The Kier molecular flexibility index (Phi) is 28.3. The van der Waals surface area contributed by atoms with Gasteiger partial charge in [-0.05, 0) is 55.8 Å². The summed E-state index contributed by atoms with van der Waals surface area (Å²) < 4.78 is 5.19. The SMILES string of the molecule is CCCC(=O)O.CCCCC(CCCC)(CCCC)C(CCCC)(CCCC)CCOC(=O)C(=O)O.O=C(O)O. The lowest BCUT2D eigenvalue weighted by Gasteiger charge is -2.53. The Balaban J connectivity index is -0.00000116. The van der Waals surface area contributed by atoms with Gasteiger partial charge in [0.05, 0.1) is 6.61 Å². The molecule has 0 saturated heterocycles. The van der Waals surface area contributed by atoms with Crippen LogP contribution in [0.5, 0.6) is 0 Å². The average Bonchev–Trinajstić information content (AvgIpc) is 2.89. The molecular formula is C31H60O9. The molecule has 9 nitrogen and oxygen atoms in total. The number of carboxylic acid groups (broad SMARTS) is 4. The summed E-state index contributed by atoms with van der Waals surface area (Å²) in [6.45, 7) is 13.4. The largest absolute Gasteiger partial charge is 0.503 e. The molecule has 0 bridgehead atoms. The first-order valence-corrected chi connectivity index (χ1v) is 15.4.